The SMILES string of the molecule is O=C(NC1CCC(O)CC1)[C@@H]1CSCN1C(=O)c1c[nH]c2ccccc12. The van der Waals surface area contributed by atoms with Crippen LogP contribution in [0.25, 0.3) is 10.9 Å². The Morgan fingerprint density at radius 2 is 1.96 bits per heavy atom. The topological polar surface area (TPSA) is 85.4 Å². The number of fused-ring (bicyclic) bond motifs is 1. The molecule has 1 atom stereocenters. The molecule has 0 spiro atoms. The van der Waals surface area contributed by atoms with Gasteiger partial charge in [-0.05, 0) is 31.7 Å². The molecular formula is C19H23N3O3S. The molecule has 0 radical (unpaired) electrons. The summed E-state index contributed by atoms with van der Waals surface area (Å²) in [5.74, 6) is 0.964. The fraction of sp³-hybridized carbons (Fsp3) is 0.474. The van der Waals surface area contributed by atoms with Gasteiger partial charge in [0.2, 0.25) is 5.91 Å². The molecule has 1 aromatic heterocycles. The highest BCUT2D eigenvalue weighted by atomic mass is 32.2. The summed E-state index contributed by atoms with van der Waals surface area (Å²) in [5.41, 5.74) is 1.53. The first-order chi connectivity index (χ1) is 12.6. The number of hydrogen-bond acceptors (Lipinski definition) is 4. The summed E-state index contributed by atoms with van der Waals surface area (Å²) >= 11 is 1.61. The molecule has 1 aliphatic carbocycles. The van der Waals surface area contributed by atoms with Crippen molar-refractivity contribution >= 4 is 34.5 Å². The number of benzene rings is 1. The third kappa shape index (κ3) is 3.33. The van der Waals surface area contributed by atoms with Crippen molar-refractivity contribution in [3.8, 4) is 0 Å². The van der Waals surface area contributed by atoms with Gasteiger partial charge in [0, 0.05) is 28.9 Å². The van der Waals surface area contributed by atoms with Crippen molar-refractivity contribution in [1.29, 1.82) is 0 Å². The number of H-pyrrole nitrogens is 1. The van der Waals surface area contributed by atoms with Gasteiger partial charge < -0.3 is 20.3 Å². The van der Waals surface area contributed by atoms with Crippen molar-refractivity contribution in [2.45, 2.75) is 43.9 Å². The summed E-state index contributed by atoms with van der Waals surface area (Å²) < 4.78 is 0. The van der Waals surface area contributed by atoms with Crippen LogP contribution in [-0.4, -0.2) is 56.6 Å². The number of aliphatic hydroxyl groups is 1. The van der Waals surface area contributed by atoms with Crippen LogP contribution in [0.4, 0.5) is 0 Å². The number of nitrogens with one attached hydrogen (secondary N) is 2. The average Bonchev–Trinajstić information content (AvgIpc) is 3.30. The van der Waals surface area contributed by atoms with Gasteiger partial charge in [0.1, 0.15) is 6.04 Å². The molecule has 4 rings (SSSR count). The number of carbonyl (C=O) groups is 2. The van der Waals surface area contributed by atoms with Crippen LogP contribution in [-0.2, 0) is 4.79 Å². The second kappa shape index (κ2) is 7.32. The Kier molecular flexibility index (Phi) is 4.91. The minimum Gasteiger partial charge on any atom is -0.393 e. The van der Waals surface area contributed by atoms with Gasteiger partial charge in [0.25, 0.3) is 5.91 Å². The highest BCUT2D eigenvalue weighted by Crippen LogP contribution is 2.27. The maximum atomic E-state index is 13.1. The molecule has 2 amide bonds. The van der Waals surface area contributed by atoms with Gasteiger partial charge >= 0.3 is 0 Å². The number of aliphatic hydroxyl groups excluding tert-OH is 1. The van der Waals surface area contributed by atoms with E-state index in [9.17, 15) is 14.7 Å². The molecular weight excluding hydrogens is 350 g/mol. The summed E-state index contributed by atoms with van der Waals surface area (Å²) in [6.45, 7) is 0. The summed E-state index contributed by atoms with van der Waals surface area (Å²) in [5, 5.41) is 13.6. The first kappa shape index (κ1) is 17.4. The van der Waals surface area contributed by atoms with Crippen molar-refractivity contribution < 1.29 is 14.7 Å². The molecule has 6 nitrogen and oxygen atoms in total. The number of aromatic amines is 1. The van der Waals surface area contributed by atoms with Crippen LogP contribution < -0.4 is 5.32 Å². The van der Waals surface area contributed by atoms with E-state index in [-0.39, 0.29) is 24.0 Å². The molecule has 0 bridgehead atoms. The van der Waals surface area contributed by atoms with Crippen LogP contribution in [0.2, 0.25) is 0 Å². The minimum atomic E-state index is -0.437. The van der Waals surface area contributed by atoms with E-state index in [0.29, 0.717) is 17.2 Å². The van der Waals surface area contributed by atoms with E-state index >= 15 is 0 Å². The van der Waals surface area contributed by atoms with Crippen molar-refractivity contribution in [2.24, 2.45) is 0 Å². The first-order valence-corrected chi connectivity index (χ1v) is 10.2. The van der Waals surface area contributed by atoms with Gasteiger partial charge in [-0.25, -0.2) is 0 Å². The number of amides is 2. The molecule has 1 aromatic carbocycles. The van der Waals surface area contributed by atoms with E-state index in [1.165, 1.54) is 0 Å². The molecule has 1 saturated carbocycles. The number of rotatable bonds is 3. The van der Waals surface area contributed by atoms with Crippen LogP contribution in [0, 0.1) is 0 Å². The molecule has 2 aromatic rings. The molecule has 26 heavy (non-hydrogen) atoms. The van der Waals surface area contributed by atoms with Gasteiger partial charge in [-0.2, -0.15) is 0 Å². The Morgan fingerprint density at radius 3 is 2.77 bits per heavy atom. The highest BCUT2D eigenvalue weighted by Gasteiger charge is 2.36. The molecule has 1 aliphatic heterocycles. The second-order valence-corrected chi connectivity index (χ2v) is 8.05. The molecule has 3 N–H and O–H groups in total. The molecule has 138 valence electrons. The lowest BCUT2D eigenvalue weighted by Crippen LogP contribution is -2.50. The molecule has 1 saturated heterocycles. The Bertz CT molecular complexity index is 813. The predicted molar refractivity (Wildman–Crippen MR) is 102 cm³/mol. The quantitative estimate of drug-likeness (QED) is 0.769. The monoisotopic (exact) mass is 373 g/mol. The second-order valence-electron chi connectivity index (χ2n) is 7.05. The Morgan fingerprint density at radius 1 is 1.19 bits per heavy atom. The zero-order chi connectivity index (χ0) is 18.1. The van der Waals surface area contributed by atoms with Crippen LogP contribution in [0.1, 0.15) is 36.0 Å². The van der Waals surface area contributed by atoms with Gasteiger partial charge in [-0.15, -0.1) is 11.8 Å². The van der Waals surface area contributed by atoms with Crippen molar-refractivity contribution in [3.05, 3.63) is 36.0 Å². The number of hydrogen-bond donors (Lipinski definition) is 3. The standard InChI is InChI=1S/C19H23N3O3S/c23-13-7-5-12(6-8-13)21-18(24)17-10-26-11-22(17)19(25)15-9-20-16-4-2-1-3-14(15)16/h1-4,9,12-13,17,20,23H,5-8,10-11H2,(H,21,24)/t12?,13?,17-/m0/s1. The van der Waals surface area contributed by atoms with E-state index in [0.717, 1.165) is 36.6 Å². The van der Waals surface area contributed by atoms with E-state index in [2.05, 4.69) is 10.3 Å². The molecule has 7 heteroatoms. The largest absolute Gasteiger partial charge is 0.393 e. The molecule has 0 unspecified atom stereocenters. The number of nitrogens with zero attached hydrogens (tertiary/aromatic N) is 1. The van der Waals surface area contributed by atoms with E-state index < -0.39 is 6.04 Å². The predicted octanol–water partition coefficient (Wildman–Crippen LogP) is 2.10. The summed E-state index contributed by atoms with van der Waals surface area (Å²) in [7, 11) is 0. The van der Waals surface area contributed by atoms with E-state index in [4.69, 9.17) is 0 Å². The third-order valence-electron chi connectivity index (χ3n) is 5.31. The van der Waals surface area contributed by atoms with Crippen LogP contribution in [0.3, 0.4) is 0 Å². The summed E-state index contributed by atoms with van der Waals surface area (Å²) in [4.78, 5) is 30.6. The first-order valence-electron chi connectivity index (χ1n) is 9.07. The molecule has 2 aliphatic rings. The van der Waals surface area contributed by atoms with Gasteiger partial charge in [0.15, 0.2) is 0 Å². The number of aromatic nitrogens is 1. The Balaban J connectivity index is 1.47. The van der Waals surface area contributed by atoms with Crippen molar-refractivity contribution in [1.82, 2.24) is 15.2 Å². The molecule has 2 heterocycles. The minimum absolute atomic E-state index is 0.0791. The normalized spacial score (nSPS) is 26.2. The van der Waals surface area contributed by atoms with E-state index in [1.54, 1.807) is 22.9 Å². The zero-order valence-corrected chi connectivity index (χ0v) is 15.3. The van der Waals surface area contributed by atoms with Crippen molar-refractivity contribution in [3.63, 3.8) is 0 Å². The lowest BCUT2D eigenvalue weighted by Gasteiger charge is -2.29. The Hall–Kier alpha value is -1.99. The fourth-order valence-electron chi connectivity index (χ4n) is 3.78. The summed E-state index contributed by atoms with van der Waals surface area (Å²) in [6, 6.07) is 7.36. The summed E-state index contributed by atoms with van der Waals surface area (Å²) in [6.07, 6.45) is 4.52. The number of carbonyl (C=O) groups excluding carboxylic acids is 2. The highest BCUT2D eigenvalue weighted by molar-refractivity contribution is 7.99. The number of thioether (sulfide) groups is 1. The van der Waals surface area contributed by atoms with Crippen molar-refractivity contribution in [2.75, 3.05) is 11.6 Å². The smallest absolute Gasteiger partial charge is 0.257 e. The average molecular weight is 373 g/mol. The van der Waals surface area contributed by atoms with Gasteiger partial charge in [0.05, 0.1) is 17.5 Å². The zero-order valence-electron chi connectivity index (χ0n) is 14.5. The third-order valence-corrected chi connectivity index (χ3v) is 6.32. The van der Waals surface area contributed by atoms with Crippen LogP contribution in [0.5, 0.6) is 0 Å². The van der Waals surface area contributed by atoms with Crippen LogP contribution in [0.15, 0.2) is 30.5 Å². The van der Waals surface area contributed by atoms with Crippen LogP contribution >= 0.6 is 11.8 Å². The lowest BCUT2D eigenvalue weighted by atomic mass is 9.93. The number of para-hydroxylation sites is 1. The Labute approximate surface area is 156 Å². The molecule has 2 fully saturated rings. The van der Waals surface area contributed by atoms with Gasteiger partial charge in [-0.3, -0.25) is 9.59 Å². The maximum Gasteiger partial charge on any atom is 0.257 e. The fourth-order valence-corrected chi connectivity index (χ4v) is 4.93. The van der Waals surface area contributed by atoms with E-state index in [1.807, 2.05) is 24.3 Å². The maximum absolute atomic E-state index is 13.1. The lowest BCUT2D eigenvalue weighted by molar-refractivity contribution is -0.125. The van der Waals surface area contributed by atoms with Gasteiger partial charge in [-0.1, -0.05) is 18.2 Å².